The summed E-state index contributed by atoms with van der Waals surface area (Å²) in [5.74, 6) is -5.10. The second-order valence-corrected chi connectivity index (χ2v) is 5.80. The number of amides is 2. The van der Waals surface area contributed by atoms with Crippen LogP contribution in [-0.2, 0) is 24.0 Å². The standard InChI is InChI=1S/C14H23N3O8S/c15-8(14(24)25)3-4-10(18)16-9(7-26)13(23)17(6-12(21)22)5-1-2-11(19)20/h8-9,26H,1-7,15H2,(H,16,18)(H,19,20)(H,21,22)(H,24,25). The lowest BCUT2D eigenvalue weighted by molar-refractivity contribution is -0.145. The molecule has 2 unspecified atom stereocenters. The van der Waals surface area contributed by atoms with Gasteiger partial charge in [-0.2, -0.15) is 12.6 Å². The number of nitrogens with zero attached hydrogens (tertiary/aromatic N) is 1. The fourth-order valence-electron chi connectivity index (χ4n) is 1.93. The second kappa shape index (κ2) is 12.1. The molecule has 0 saturated carbocycles. The highest BCUT2D eigenvalue weighted by atomic mass is 32.1. The highest BCUT2D eigenvalue weighted by molar-refractivity contribution is 7.80. The largest absolute Gasteiger partial charge is 0.481 e. The molecular weight excluding hydrogens is 370 g/mol. The topological polar surface area (TPSA) is 187 Å². The zero-order chi connectivity index (χ0) is 20.3. The Morgan fingerprint density at radius 2 is 1.65 bits per heavy atom. The van der Waals surface area contributed by atoms with E-state index in [2.05, 4.69) is 17.9 Å². The zero-order valence-electron chi connectivity index (χ0n) is 14.0. The van der Waals surface area contributed by atoms with E-state index in [0.717, 1.165) is 4.90 Å². The lowest BCUT2D eigenvalue weighted by Crippen LogP contribution is -2.51. The highest BCUT2D eigenvalue weighted by Gasteiger charge is 2.26. The maximum atomic E-state index is 12.4. The number of carboxylic acid groups (broad SMARTS) is 3. The zero-order valence-corrected chi connectivity index (χ0v) is 14.9. The molecule has 0 heterocycles. The average Bonchev–Trinajstić information content (AvgIpc) is 2.55. The molecule has 11 nitrogen and oxygen atoms in total. The third-order valence-corrected chi connectivity index (χ3v) is 3.64. The molecule has 0 aromatic heterocycles. The number of nitrogens with two attached hydrogens (primary N) is 1. The fraction of sp³-hybridized carbons (Fsp3) is 0.643. The van der Waals surface area contributed by atoms with E-state index in [-0.39, 0.29) is 38.0 Å². The molecule has 0 aliphatic heterocycles. The van der Waals surface area contributed by atoms with Gasteiger partial charge in [-0.15, -0.1) is 0 Å². The van der Waals surface area contributed by atoms with Crippen LogP contribution in [0.1, 0.15) is 25.7 Å². The smallest absolute Gasteiger partial charge is 0.323 e. The molecule has 6 N–H and O–H groups in total. The van der Waals surface area contributed by atoms with Crippen LogP contribution in [-0.4, -0.2) is 80.9 Å². The molecule has 0 aromatic carbocycles. The first-order valence-electron chi connectivity index (χ1n) is 7.69. The van der Waals surface area contributed by atoms with Crippen molar-refractivity contribution in [2.45, 2.75) is 37.8 Å². The van der Waals surface area contributed by atoms with Crippen LogP contribution in [0.15, 0.2) is 0 Å². The van der Waals surface area contributed by atoms with Gasteiger partial charge in [-0.3, -0.25) is 24.0 Å². The number of rotatable bonds is 13. The van der Waals surface area contributed by atoms with Gasteiger partial charge in [0.15, 0.2) is 0 Å². The van der Waals surface area contributed by atoms with Crippen LogP contribution in [0.25, 0.3) is 0 Å². The van der Waals surface area contributed by atoms with Gasteiger partial charge in [-0.25, -0.2) is 0 Å². The maximum Gasteiger partial charge on any atom is 0.323 e. The van der Waals surface area contributed by atoms with Gasteiger partial charge in [-0.05, 0) is 12.8 Å². The second-order valence-electron chi connectivity index (χ2n) is 5.44. The lowest BCUT2D eigenvalue weighted by Gasteiger charge is -2.26. The third-order valence-electron chi connectivity index (χ3n) is 3.27. The molecular formula is C14H23N3O8S. The summed E-state index contributed by atoms with van der Waals surface area (Å²) in [7, 11) is 0. The predicted molar refractivity (Wildman–Crippen MR) is 91.7 cm³/mol. The van der Waals surface area contributed by atoms with Gasteiger partial charge >= 0.3 is 17.9 Å². The van der Waals surface area contributed by atoms with Crippen molar-refractivity contribution in [3.05, 3.63) is 0 Å². The summed E-state index contributed by atoms with van der Waals surface area (Å²) >= 11 is 3.96. The van der Waals surface area contributed by atoms with Crippen molar-refractivity contribution in [1.29, 1.82) is 0 Å². The first kappa shape index (κ1) is 23.7. The predicted octanol–water partition coefficient (Wildman–Crippen LogP) is -1.63. The molecule has 12 heteroatoms. The quantitative estimate of drug-likeness (QED) is 0.200. The van der Waals surface area contributed by atoms with Crippen LogP contribution in [0, 0.1) is 0 Å². The summed E-state index contributed by atoms with van der Waals surface area (Å²) in [5.41, 5.74) is 5.29. The Labute approximate surface area is 154 Å². The van der Waals surface area contributed by atoms with E-state index in [1.165, 1.54) is 0 Å². The van der Waals surface area contributed by atoms with E-state index >= 15 is 0 Å². The van der Waals surface area contributed by atoms with E-state index in [9.17, 15) is 24.0 Å². The molecule has 26 heavy (non-hydrogen) atoms. The monoisotopic (exact) mass is 393 g/mol. The molecule has 0 radical (unpaired) electrons. The number of nitrogens with one attached hydrogen (secondary N) is 1. The van der Waals surface area contributed by atoms with E-state index in [1.54, 1.807) is 0 Å². The van der Waals surface area contributed by atoms with Gasteiger partial charge in [0, 0.05) is 25.1 Å². The van der Waals surface area contributed by atoms with E-state index in [1.807, 2.05) is 0 Å². The van der Waals surface area contributed by atoms with Gasteiger partial charge in [0.1, 0.15) is 18.6 Å². The van der Waals surface area contributed by atoms with Gasteiger partial charge in [-0.1, -0.05) is 0 Å². The number of aliphatic carboxylic acids is 3. The Balaban J connectivity index is 4.79. The van der Waals surface area contributed by atoms with Crippen LogP contribution in [0.5, 0.6) is 0 Å². The summed E-state index contributed by atoms with van der Waals surface area (Å²) in [5, 5.41) is 28.5. The molecule has 148 valence electrons. The van der Waals surface area contributed by atoms with E-state index in [0.29, 0.717) is 0 Å². The molecule has 0 aliphatic rings. The van der Waals surface area contributed by atoms with Crippen LogP contribution in [0.3, 0.4) is 0 Å². The Morgan fingerprint density at radius 3 is 2.12 bits per heavy atom. The van der Waals surface area contributed by atoms with Gasteiger partial charge in [0.2, 0.25) is 11.8 Å². The average molecular weight is 393 g/mol. The molecule has 0 saturated heterocycles. The first-order chi connectivity index (χ1) is 12.1. The van der Waals surface area contributed by atoms with Crippen LogP contribution in [0.2, 0.25) is 0 Å². The summed E-state index contributed by atoms with van der Waals surface area (Å²) in [4.78, 5) is 57.2. The van der Waals surface area contributed by atoms with Crippen molar-refractivity contribution >= 4 is 42.4 Å². The molecule has 0 fully saturated rings. The molecule has 2 atom stereocenters. The molecule has 0 spiro atoms. The van der Waals surface area contributed by atoms with Crippen LogP contribution in [0.4, 0.5) is 0 Å². The number of carbonyl (C=O) groups excluding carboxylic acids is 2. The van der Waals surface area contributed by atoms with Crippen LogP contribution < -0.4 is 11.1 Å². The third kappa shape index (κ3) is 9.84. The van der Waals surface area contributed by atoms with Crippen molar-refractivity contribution in [2.24, 2.45) is 5.73 Å². The van der Waals surface area contributed by atoms with Crippen molar-refractivity contribution in [3.8, 4) is 0 Å². The molecule has 0 aliphatic carbocycles. The summed E-state index contributed by atoms with van der Waals surface area (Å²) in [6.45, 7) is -0.760. The summed E-state index contributed by atoms with van der Waals surface area (Å²) < 4.78 is 0. The summed E-state index contributed by atoms with van der Waals surface area (Å²) in [6.07, 6.45) is -0.557. The van der Waals surface area contributed by atoms with Gasteiger partial charge in [0.25, 0.3) is 0 Å². The van der Waals surface area contributed by atoms with Crippen molar-refractivity contribution in [1.82, 2.24) is 10.2 Å². The number of hydrogen-bond acceptors (Lipinski definition) is 7. The Kier molecular flexibility index (Phi) is 11.0. The number of thiol groups is 1. The minimum absolute atomic E-state index is 0.0507. The van der Waals surface area contributed by atoms with Crippen LogP contribution >= 0.6 is 12.6 Å². The van der Waals surface area contributed by atoms with E-state index in [4.69, 9.17) is 21.1 Å². The first-order valence-corrected chi connectivity index (χ1v) is 8.32. The van der Waals surface area contributed by atoms with Crippen molar-refractivity contribution < 1.29 is 39.3 Å². The molecule has 0 aromatic rings. The maximum absolute atomic E-state index is 12.4. The minimum atomic E-state index is -1.29. The Hall–Kier alpha value is -2.34. The number of hydrogen-bond donors (Lipinski definition) is 6. The number of carbonyl (C=O) groups is 5. The molecule has 2 amide bonds. The van der Waals surface area contributed by atoms with Crippen molar-refractivity contribution in [2.75, 3.05) is 18.8 Å². The Bertz CT molecular complexity index is 542. The molecule has 0 bridgehead atoms. The number of carboxylic acids is 3. The minimum Gasteiger partial charge on any atom is -0.481 e. The van der Waals surface area contributed by atoms with Gasteiger partial charge in [0.05, 0.1) is 0 Å². The molecule has 0 rings (SSSR count). The normalized spacial score (nSPS) is 12.7. The van der Waals surface area contributed by atoms with E-state index < -0.39 is 48.4 Å². The van der Waals surface area contributed by atoms with Crippen molar-refractivity contribution in [3.63, 3.8) is 0 Å². The lowest BCUT2D eigenvalue weighted by atomic mass is 10.1. The summed E-state index contributed by atoms with van der Waals surface area (Å²) in [6, 6.07) is -2.35. The van der Waals surface area contributed by atoms with Gasteiger partial charge < -0.3 is 31.3 Å². The fourth-order valence-corrected chi connectivity index (χ4v) is 2.18. The Morgan fingerprint density at radius 1 is 1.04 bits per heavy atom. The SMILES string of the molecule is NC(CCC(=O)NC(CS)C(=O)N(CCCC(=O)O)CC(=O)O)C(=O)O. The highest BCUT2D eigenvalue weighted by Crippen LogP contribution is 2.04.